The van der Waals surface area contributed by atoms with Crippen LogP contribution in [0.5, 0.6) is 11.5 Å². The number of rotatable bonds is 5. The van der Waals surface area contributed by atoms with Crippen LogP contribution in [0.1, 0.15) is 33.3 Å². The zero-order valence-electron chi connectivity index (χ0n) is 23.1. The molecule has 0 saturated heterocycles. The van der Waals surface area contributed by atoms with Gasteiger partial charge < -0.3 is 9.47 Å². The van der Waals surface area contributed by atoms with Crippen molar-refractivity contribution in [2.24, 2.45) is 15.9 Å². The van der Waals surface area contributed by atoms with E-state index in [0.29, 0.717) is 32.9 Å². The first-order valence-electron chi connectivity index (χ1n) is 13.4. The first kappa shape index (κ1) is 28.5. The summed E-state index contributed by atoms with van der Waals surface area (Å²) in [5.41, 5.74) is 2.21. The van der Waals surface area contributed by atoms with Gasteiger partial charge in [-0.05, 0) is 81.6 Å². The van der Waals surface area contributed by atoms with Crippen LogP contribution in [0, 0.1) is 5.92 Å². The summed E-state index contributed by atoms with van der Waals surface area (Å²) in [7, 11) is 0. The topological polar surface area (TPSA) is 73.1 Å². The lowest BCUT2D eigenvalue weighted by Gasteiger charge is -2.20. The minimum Gasteiger partial charge on any atom is -0.490 e. The number of amides is 1. The largest absolute Gasteiger partial charge is 0.490 e. The van der Waals surface area contributed by atoms with Gasteiger partial charge in [0, 0.05) is 21.6 Å². The van der Waals surface area contributed by atoms with Crippen LogP contribution in [-0.4, -0.2) is 34.6 Å². The second kappa shape index (κ2) is 12.2. The molecule has 8 heteroatoms. The third-order valence-electron chi connectivity index (χ3n) is 6.26. The van der Waals surface area contributed by atoms with Crippen molar-refractivity contribution < 1.29 is 14.3 Å². The predicted octanol–water partition coefficient (Wildman–Crippen LogP) is 8.34. The van der Waals surface area contributed by atoms with E-state index in [1.807, 2.05) is 52.1 Å². The van der Waals surface area contributed by atoms with E-state index in [4.69, 9.17) is 32.7 Å². The van der Waals surface area contributed by atoms with Crippen LogP contribution in [0.25, 0.3) is 21.7 Å². The molecule has 1 aromatic heterocycles. The Morgan fingerprint density at radius 1 is 0.805 bits per heavy atom. The molecule has 2 heterocycles. The summed E-state index contributed by atoms with van der Waals surface area (Å²) < 4.78 is 11.7. The van der Waals surface area contributed by atoms with E-state index >= 15 is 0 Å². The van der Waals surface area contributed by atoms with E-state index in [9.17, 15) is 4.79 Å². The maximum atomic E-state index is 12.3. The van der Waals surface area contributed by atoms with Crippen LogP contribution >= 0.6 is 23.2 Å². The molecule has 6 nitrogen and oxygen atoms in total. The number of hydrogen-bond acceptors (Lipinski definition) is 5. The number of aromatic nitrogens is 1. The van der Waals surface area contributed by atoms with Gasteiger partial charge >= 0.3 is 0 Å². The highest BCUT2D eigenvalue weighted by atomic mass is 35.5. The van der Waals surface area contributed by atoms with E-state index in [1.165, 1.54) is 5.39 Å². The van der Waals surface area contributed by atoms with Crippen molar-refractivity contribution in [2.75, 3.05) is 0 Å². The SMILES string of the molecule is CC(C)Oc1ccc(Cl)cc1C1=NC(=O)C2C=C(Cl)C=CC2=N1.CC(C)Oc1cccc2ccc3cccnc3c12. The van der Waals surface area contributed by atoms with Gasteiger partial charge in [0.2, 0.25) is 0 Å². The minimum absolute atomic E-state index is 0.0217. The van der Waals surface area contributed by atoms with Gasteiger partial charge in [0.05, 0.1) is 34.4 Å². The monoisotopic (exact) mass is 585 g/mol. The summed E-state index contributed by atoms with van der Waals surface area (Å²) >= 11 is 12.0. The molecule has 6 rings (SSSR count). The molecule has 3 aromatic carbocycles. The fourth-order valence-electron chi connectivity index (χ4n) is 4.58. The number of pyridine rings is 1. The van der Waals surface area contributed by atoms with Gasteiger partial charge in [-0.1, -0.05) is 53.5 Å². The maximum Gasteiger partial charge on any atom is 0.260 e. The zero-order chi connectivity index (χ0) is 29.1. The average Bonchev–Trinajstić information content (AvgIpc) is 2.94. The van der Waals surface area contributed by atoms with Crippen LogP contribution in [0.3, 0.4) is 0 Å². The predicted molar refractivity (Wildman–Crippen MR) is 168 cm³/mol. The third kappa shape index (κ3) is 6.50. The Morgan fingerprint density at radius 2 is 1.54 bits per heavy atom. The Morgan fingerprint density at radius 3 is 2.32 bits per heavy atom. The number of fused-ring (bicyclic) bond motifs is 4. The summed E-state index contributed by atoms with van der Waals surface area (Å²) in [4.78, 5) is 25.4. The molecule has 0 saturated carbocycles. The number of amidine groups is 1. The molecule has 208 valence electrons. The van der Waals surface area contributed by atoms with E-state index in [1.54, 1.807) is 36.4 Å². The third-order valence-corrected chi connectivity index (χ3v) is 6.75. The molecule has 41 heavy (non-hydrogen) atoms. The lowest BCUT2D eigenvalue weighted by atomic mass is 9.96. The molecule has 2 aliphatic rings. The van der Waals surface area contributed by atoms with E-state index in [-0.39, 0.29) is 18.1 Å². The second-order valence-electron chi connectivity index (χ2n) is 10.1. The molecule has 1 unspecified atom stereocenters. The number of benzene rings is 3. The van der Waals surface area contributed by atoms with Gasteiger partial charge in [-0.25, -0.2) is 4.99 Å². The maximum absolute atomic E-state index is 12.3. The Bertz CT molecular complexity index is 1760. The average molecular weight is 587 g/mol. The molecule has 0 fully saturated rings. The zero-order valence-corrected chi connectivity index (χ0v) is 24.6. The highest BCUT2D eigenvalue weighted by molar-refractivity contribution is 6.34. The highest BCUT2D eigenvalue weighted by Crippen LogP contribution is 2.32. The number of carbonyl (C=O) groups is 1. The van der Waals surface area contributed by atoms with Crippen molar-refractivity contribution in [1.82, 2.24) is 4.98 Å². The number of aliphatic imine (C=N–C) groups is 2. The fourth-order valence-corrected chi connectivity index (χ4v) is 4.94. The van der Waals surface area contributed by atoms with Gasteiger partial charge in [0.1, 0.15) is 17.4 Å². The fraction of sp³-hybridized carbons (Fsp3) is 0.212. The Hall–Kier alpha value is -4.00. The number of ether oxygens (including phenoxy) is 2. The summed E-state index contributed by atoms with van der Waals surface area (Å²) in [6.07, 6.45) is 7.05. The second-order valence-corrected chi connectivity index (χ2v) is 11.0. The summed E-state index contributed by atoms with van der Waals surface area (Å²) in [5, 5.41) is 4.44. The minimum atomic E-state index is -0.523. The molecule has 0 bridgehead atoms. The molecule has 1 amide bonds. The molecular weight excluding hydrogens is 557 g/mol. The number of carbonyl (C=O) groups excluding carboxylic acids is 1. The first-order valence-corrected chi connectivity index (χ1v) is 14.1. The molecule has 0 spiro atoms. The number of hydrogen-bond donors (Lipinski definition) is 0. The standard InChI is InChI=1S/C17H14Cl2N2O2.C16H15NO/c1-9(2)23-15-6-4-11(19)8-13(15)16-20-14-5-3-10(18)7-12(14)17(22)21-16;1-11(2)18-14-7-3-5-12-8-9-13-6-4-10-17-16(13)15(12)14/h3-9,12H,1-2H3;3-11H,1-2H3. The first-order chi connectivity index (χ1) is 19.7. The Kier molecular flexibility index (Phi) is 8.52. The molecule has 1 aliphatic carbocycles. The molecular formula is C33H29Cl2N3O3. The normalized spacial score (nSPS) is 16.1. The van der Waals surface area contributed by atoms with Gasteiger partial charge in [-0.2, -0.15) is 4.99 Å². The van der Waals surface area contributed by atoms with Crippen LogP contribution in [-0.2, 0) is 4.79 Å². The van der Waals surface area contributed by atoms with Gasteiger partial charge in [-0.15, -0.1) is 0 Å². The molecule has 0 radical (unpaired) electrons. The lowest BCUT2D eigenvalue weighted by Crippen LogP contribution is -2.28. The smallest absolute Gasteiger partial charge is 0.260 e. The number of halogens is 2. The number of allylic oxidation sites excluding steroid dienone is 3. The highest BCUT2D eigenvalue weighted by Gasteiger charge is 2.29. The molecule has 1 aliphatic heterocycles. The van der Waals surface area contributed by atoms with Gasteiger partial charge in [-0.3, -0.25) is 9.78 Å². The van der Waals surface area contributed by atoms with Crippen molar-refractivity contribution >= 4 is 62.3 Å². The molecule has 0 N–H and O–H groups in total. The Balaban J connectivity index is 0.000000169. The van der Waals surface area contributed by atoms with Crippen molar-refractivity contribution in [3.05, 3.63) is 101 Å². The van der Waals surface area contributed by atoms with Crippen molar-refractivity contribution in [3.8, 4) is 11.5 Å². The Labute approximate surface area is 249 Å². The summed E-state index contributed by atoms with van der Waals surface area (Å²) in [5.74, 6) is 0.974. The van der Waals surface area contributed by atoms with Crippen LogP contribution in [0.4, 0.5) is 0 Å². The quantitative estimate of drug-likeness (QED) is 0.221. The van der Waals surface area contributed by atoms with Gasteiger partial charge in [0.15, 0.2) is 5.84 Å². The van der Waals surface area contributed by atoms with Crippen molar-refractivity contribution in [3.63, 3.8) is 0 Å². The van der Waals surface area contributed by atoms with Crippen LogP contribution in [0.2, 0.25) is 5.02 Å². The lowest BCUT2D eigenvalue weighted by molar-refractivity contribution is -0.118. The molecule has 4 aromatic rings. The summed E-state index contributed by atoms with van der Waals surface area (Å²) in [6, 6.07) is 19.6. The van der Waals surface area contributed by atoms with E-state index in [2.05, 4.69) is 39.2 Å². The summed E-state index contributed by atoms with van der Waals surface area (Å²) in [6.45, 7) is 7.92. The van der Waals surface area contributed by atoms with Crippen molar-refractivity contribution in [2.45, 2.75) is 39.9 Å². The van der Waals surface area contributed by atoms with E-state index < -0.39 is 5.92 Å². The van der Waals surface area contributed by atoms with Crippen molar-refractivity contribution in [1.29, 1.82) is 0 Å². The van der Waals surface area contributed by atoms with Gasteiger partial charge in [0.25, 0.3) is 5.91 Å². The van der Waals surface area contributed by atoms with Crippen LogP contribution in [0.15, 0.2) is 100 Å². The molecule has 1 atom stereocenters. The van der Waals surface area contributed by atoms with Crippen LogP contribution < -0.4 is 9.47 Å². The number of nitrogens with zero attached hydrogens (tertiary/aromatic N) is 3. The van der Waals surface area contributed by atoms with E-state index in [0.717, 1.165) is 22.0 Å².